The van der Waals surface area contributed by atoms with Gasteiger partial charge in [-0.05, 0) is 31.0 Å². The van der Waals surface area contributed by atoms with Gasteiger partial charge in [0.15, 0.2) is 17.5 Å². The van der Waals surface area contributed by atoms with Crippen LogP contribution in [0, 0.1) is 0 Å². The molecule has 2 rings (SSSR count). The molecule has 1 aliphatic rings. The third-order valence-corrected chi connectivity index (χ3v) is 4.50. The molecule has 9 heteroatoms. The van der Waals surface area contributed by atoms with Gasteiger partial charge in [-0.1, -0.05) is 6.07 Å². The SMILES string of the molecule is CCNC(=NCCOCCS(C)(=O)=O)NCCc1ccc2c(c1)OCO2. The smallest absolute Gasteiger partial charge is 0.231 e. The minimum absolute atomic E-state index is 0.0323. The quantitative estimate of drug-likeness (QED) is 0.345. The van der Waals surface area contributed by atoms with E-state index in [9.17, 15) is 8.42 Å². The van der Waals surface area contributed by atoms with E-state index in [2.05, 4.69) is 15.6 Å². The molecular formula is C17H27N3O5S. The van der Waals surface area contributed by atoms with E-state index in [0.29, 0.717) is 19.1 Å². The summed E-state index contributed by atoms with van der Waals surface area (Å²) in [5.41, 5.74) is 1.15. The van der Waals surface area contributed by atoms with Gasteiger partial charge in [0.05, 0.1) is 25.5 Å². The Morgan fingerprint density at radius 1 is 1.23 bits per heavy atom. The van der Waals surface area contributed by atoms with Gasteiger partial charge in [-0.25, -0.2) is 8.42 Å². The third-order valence-electron chi connectivity index (χ3n) is 3.59. The molecule has 0 fully saturated rings. The van der Waals surface area contributed by atoms with E-state index in [1.54, 1.807) is 0 Å². The molecule has 0 aromatic heterocycles. The van der Waals surface area contributed by atoms with Crippen LogP contribution in [0.4, 0.5) is 0 Å². The van der Waals surface area contributed by atoms with Crippen molar-refractivity contribution in [2.45, 2.75) is 13.3 Å². The fraction of sp³-hybridized carbons (Fsp3) is 0.588. The normalized spacial score (nSPS) is 13.7. The molecule has 8 nitrogen and oxygen atoms in total. The molecule has 0 saturated heterocycles. The maximum Gasteiger partial charge on any atom is 0.231 e. The summed E-state index contributed by atoms with van der Waals surface area (Å²) >= 11 is 0. The highest BCUT2D eigenvalue weighted by atomic mass is 32.2. The summed E-state index contributed by atoms with van der Waals surface area (Å²) in [7, 11) is -2.98. The van der Waals surface area contributed by atoms with Gasteiger partial charge in [0.2, 0.25) is 6.79 Å². The van der Waals surface area contributed by atoms with E-state index in [1.807, 2.05) is 25.1 Å². The van der Waals surface area contributed by atoms with Gasteiger partial charge < -0.3 is 24.8 Å². The third kappa shape index (κ3) is 7.49. The van der Waals surface area contributed by atoms with Crippen LogP contribution < -0.4 is 20.1 Å². The summed E-state index contributed by atoms with van der Waals surface area (Å²) in [6.07, 6.45) is 2.02. The number of aliphatic imine (C=N–C) groups is 1. The van der Waals surface area contributed by atoms with E-state index < -0.39 is 9.84 Å². The zero-order valence-electron chi connectivity index (χ0n) is 15.3. The second-order valence-corrected chi connectivity index (χ2v) is 8.13. The number of nitrogens with one attached hydrogen (secondary N) is 2. The van der Waals surface area contributed by atoms with Crippen molar-refractivity contribution in [3.63, 3.8) is 0 Å². The molecule has 0 unspecified atom stereocenters. The van der Waals surface area contributed by atoms with Gasteiger partial charge in [-0.3, -0.25) is 4.99 Å². The molecule has 0 atom stereocenters. The van der Waals surface area contributed by atoms with Gasteiger partial charge in [0.1, 0.15) is 9.84 Å². The summed E-state index contributed by atoms with van der Waals surface area (Å²) in [6, 6.07) is 5.93. The van der Waals surface area contributed by atoms with Crippen LogP contribution in [-0.2, 0) is 21.0 Å². The van der Waals surface area contributed by atoms with Crippen molar-refractivity contribution in [1.82, 2.24) is 10.6 Å². The van der Waals surface area contributed by atoms with Gasteiger partial charge in [0.25, 0.3) is 0 Å². The average molecular weight is 385 g/mol. The van der Waals surface area contributed by atoms with Gasteiger partial charge in [0, 0.05) is 19.3 Å². The maximum atomic E-state index is 11.0. The molecule has 2 N–H and O–H groups in total. The van der Waals surface area contributed by atoms with Crippen LogP contribution in [0.3, 0.4) is 0 Å². The van der Waals surface area contributed by atoms with Crippen LogP contribution in [0.15, 0.2) is 23.2 Å². The Bertz CT molecular complexity index is 706. The van der Waals surface area contributed by atoms with Crippen molar-refractivity contribution in [3.8, 4) is 11.5 Å². The number of nitrogens with zero attached hydrogens (tertiary/aromatic N) is 1. The Kier molecular flexibility index (Phi) is 7.99. The lowest BCUT2D eigenvalue weighted by atomic mass is 10.1. The first-order valence-electron chi connectivity index (χ1n) is 8.64. The van der Waals surface area contributed by atoms with E-state index in [0.717, 1.165) is 36.6 Å². The zero-order chi connectivity index (χ0) is 18.8. The summed E-state index contributed by atoms with van der Waals surface area (Å²) in [5, 5.41) is 6.44. The summed E-state index contributed by atoms with van der Waals surface area (Å²) < 4.78 is 38.0. The Balaban J connectivity index is 1.69. The van der Waals surface area contributed by atoms with E-state index in [1.165, 1.54) is 6.26 Å². The molecule has 26 heavy (non-hydrogen) atoms. The summed E-state index contributed by atoms with van der Waals surface area (Å²) in [5.74, 6) is 2.31. The Morgan fingerprint density at radius 2 is 2.04 bits per heavy atom. The highest BCUT2D eigenvalue weighted by molar-refractivity contribution is 7.90. The lowest BCUT2D eigenvalue weighted by Crippen LogP contribution is -2.38. The predicted octanol–water partition coefficient (Wildman–Crippen LogP) is 0.574. The van der Waals surface area contributed by atoms with E-state index in [4.69, 9.17) is 14.2 Å². The van der Waals surface area contributed by atoms with Crippen LogP contribution in [0.5, 0.6) is 11.5 Å². The molecule has 0 radical (unpaired) electrons. The fourth-order valence-electron chi connectivity index (χ4n) is 2.30. The average Bonchev–Trinajstić information content (AvgIpc) is 3.04. The Hall–Kier alpha value is -2.00. The molecule has 1 aliphatic heterocycles. The molecule has 1 aromatic carbocycles. The lowest BCUT2D eigenvalue weighted by Gasteiger charge is -2.11. The van der Waals surface area contributed by atoms with Crippen molar-refractivity contribution in [2.24, 2.45) is 4.99 Å². The van der Waals surface area contributed by atoms with Gasteiger partial charge in [-0.2, -0.15) is 0 Å². The highest BCUT2D eigenvalue weighted by Gasteiger charge is 2.12. The minimum atomic E-state index is -2.98. The molecular weight excluding hydrogens is 358 g/mol. The number of hydrogen-bond donors (Lipinski definition) is 2. The highest BCUT2D eigenvalue weighted by Crippen LogP contribution is 2.32. The van der Waals surface area contributed by atoms with Crippen molar-refractivity contribution >= 4 is 15.8 Å². The molecule has 0 bridgehead atoms. The van der Waals surface area contributed by atoms with Crippen LogP contribution in [0.1, 0.15) is 12.5 Å². The molecule has 0 aliphatic carbocycles. The largest absolute Gasteiger partial charge is 0.454 e. The number of ether oxygens (including phenoxy) is 3. The zero-order valence-corrected chi connectivity index (χ0v) is 16.1. The monoisotopic (exact) mass is 385 g/mol. The van der Waals surface area contributed by atoms with E-state index >= 15 is 0 Å². The second-order valence-electron chi connectivity index (χ2n) is 5.87. The number of benzene rings is 1. The molecule has 146 valence electrons. The minimum Gasteiger partial charge on any atom is -0.454 e. The number of hydrogen-bond acceptors (Lipinski definition) is 6. The van der Waals surface area contributed by atoms with Crippen LogP contribution >= 0.6 is 0 Å². The molecule has 1 aromatic rings. The topological polar surface area (TPSA) is 98.3 Å². The van der Waals surface area contributed by atoms with Gasteiger partial charge >= 0.3 is 0 Å². The standard InChI is InChI=1S/C17H27N3O5S/c1-3-18-17(20-8-9-23-10-11-26(2,21)22)19-7-6-14-4-5-15-16(12-14)25-13-24-15/h4-5,12H,3,6-11,13H2,1-2H3,(H2,18,19,20). The second kappa shape index (κ2) is 10.2. The van der Waals surface area contributed by atoms with Crippen molar-refractivity contribution in [3.05, 3.63) is 23.8 Å². The fourth-order valence-corrected chi connectivity index (χ4v) is 2.72. The maximum absolute atomic E-state index is 11.0. The van der Waals surface area contributed by atoms with Crippen molar-refractivity contribution < 1.29 is 22.6 Å². The number of guanidine groups is 1. The summed E-state index contributed by atoms with van der Waals surface area (Å²) in [4.78, 5) is 4.41. The molecule has 1 heterocycles. The molecule has 0 spiro atoms. The number of fused-ring (bicyclic) bond motifs is 1. The first-order valence-corrected chi connectivity index (χ1v) is 10.7. The Labute approximate surface area is 154 Å². The first kappa shape index (κ1) is 20.3. The van der Waals surface area contributed by atoms with Crippen molar-refractivity contribution in [1.29, 1.82) is 0 Å². The van der Waals surface area contributed by atoms with Crippen LogP contribution in [-0.4, -0.2) is 66.0 Å². The molecule has 0 amide bonds. The van der Waals surface area contributed by atoms with Crippen molar-refractivity contribution in [2.75, 3.05) is 51.6 Å². The number of sulfone groups is 1. The first-order chi connectivity index (χ1) is 12.5. The van der Waals surface area contributed by atoms with E-state index in [-0.39, 0.29) is 19.2 Å². The van der Waals surface area contributed by atoms with Crippen LogP contribution in [0.2, 0.25) is 0 Å². The molecule has 0 saturated carbocycles. The number of rotatable bonds is 10. The van der Waals surface area contributed by atoms with Crippen LogP contribution in [0.25, 0.3) is 0 Å². The van der Waals surface area contributed by atoms with Gasteiger partial charge in [-0.15, -0.1) is 0 Å². The predicted molar refractivity (Wildman–Crippen MR) is 101 cm³/mol. The Morgan fingerprint density at radius 3 is 2.81 bits per heavy atom. The summed E-state index contributed by atoms with van der Waals surface area (Å²) in [6.45, 7) is 4.79. The lowest BCUT2D eigenvalue weighted by molar-refractivity contribution is 0.157.